The number of carbonyl (C=O) groups is 3. The number of rotatable bonds is 11. The number of nitrogens with two attached hydrogens (primary N) is 1. The highest BCUT2D eigenvalue weighted by atomic mass is 16.6. The SMILES string of the molecule is CNc1ccccc1CCN(C=O)C1CCN(C(=O)O[C@H](Cc2cc(C)c3c(c2)oc(=O)n3C)C(=O)N2CCC(N3CCC(C)(N)CC3)CC2)CC1. The van der Waals surface area contributed by atoms with Crippen LogP contribution in [0.3, 0.4) is 0 Å². The van der Waals surface area contributed by atoms with Crippen LogP contribution in [0, 0.1) is 6.92 Å². The summed E-state index contributed by atoms with van der Waals surface area (Å²) in [5.41, 5.74) is 11.2. The van der Waals surface area contributed by atoms with E-state index in [0.717, 1.165) is 74.0 Å². The van der Waals surface area contributed by atoms with Gasteiger partial charge in [0.1, 0.15) is 0 Å². The highest BCUT2D eigenvalue weighted by molar-refractivity contribution is 5.84. The van der Waals surface area contributed by atoms with E-state index in [1.54, 1.807) is 18.0 Å². The Labute approximate surface area is 306 Å². The first-order chi connectivity index (χ1) is 25.0. The Kier molecular flexibility index (Phi) is 11.6. The maximum atomic E-state index is 14.2. The number of likely N-dealkylation sites (tertiary alicyclic amines) is 3. The number of aromatic nitrogens is 1. The first-order valence-electron chi connectivity index (χ1n) is 18.8. The molecule has 3 N–H and O–H groups in total. The Morgan fingerprint density at radius 1 is 1.06 bits per heavy atom. The highest BCUT2D eigenvalue weighted by Gasteiger charge is 2.36. The molecule has 3 amide bonds. The van der Waals surface area contributed by atoms with Crippen LogP contribution in [0.5, 0.6) is 0 Å². The molecule has 52 heavy (non-hydrogen) atoms. The maximum Gasteiger partial charge on any atom is 0.419 e. The lowest BCUT2D eigenvalue weighted by Crippen LogP contribution is -2.55. The molecule has 3 fully saturated rings. The van der Waals surface area contributed by atoms with Gasteiger partial charge in [0.25, 0.3) is 5.91 Å². The molecule has 6 rings (SSSR count). The minimum Gasteiger partial charge on any atom is -0.436 e. The minimum absolute atomic E-state index is 0.00996. The summed E-state index contributed by atoms with van der Waals surface area (Å²) in [7, 11) is 3.55. The second-order valence-electron chi connectivity index (χ2n) is 15.2. The molecule has 3 saturated heterocycles. The van der Waals surface area contributed by atoms with Gasteiger partial charge in [0.2, 0.25) is 6.41 Å². The number of piperidine rings is 3. The predicted octanol–water partition coefficient (Wildman–Crippen LogP) is 3.50. The van der Waals surface area contributed by atoms with Gasteiger partial charge in [-0.3, -0.25) is 14.2 Å². The van der Waals surface area contributed by atoms with Crippen LogP contribution in [-0.2, 0) is 34.2 Å². The molecule has 2 aromatic carbocycles. The first-order valence-corrected chi connectivity index (χ1v) is 18.8. The van der Waals surface area contributed by atoms with Crippen molar-refractivity contribution < 1.29 is 23.5 Å². The van der Waals surface area contributed by atoms with Crippen LogP contribution < -0.4 is 16.8 Å². The average molecular weight is 718 g/mol. The number of hydrogen-bond donors (Lipinski definition) is 2. The van der Waals surface area contributed by atoms with E-state index in [1.807, 2.05) is 48.0 Å². The standard InChI is InChI=1S/C39H55N7O6/c1-27-23-28(24-33-35(27)42(4)37(49)51-33)25-34(36(48)44-17-10-30(11-18-44)43-21-14-39(2,40)15-22-43)52-38(50)45-19-12-31(13-20-45)46(26-47)16-9-29-7-5-6-8-32(29)41-3/h5-8,23-24,26,30-31,34,41H,9-22,25,40H2,1-4H3/t34-/m1/s1. The maximum absolute atomic E-state index is 14.2. The van der Waals surface area contributed by atoms with Crippen molar-refractivity contribution in [2.75, 3.05) is 58.2 Å². The van der Waals surface area contributed by atoms with E-state index in [4.69, 9.17) is 14.9 Å². The molecule has 0 aliphatic carbocycles. The average Bonchev–Trinajstić information content (AvgIpc) is 3.44. The van der Waals surface area contributed by atoms with Crippen molar-refractivity contribution in [3.8, 4) is 0 Å². The van der Waals surface area contributed by atoms with Crippen LogP contribution in [-0.4, -0.2) is 119 Å². The number of anilines is 1. The molecule has 13 heteroatoms. The molecule has 0 spiro atoms. The number of benzene rings is 2. The number of fused-ring (bicyclic) bond motifs is 1. The van der Waals surface area contributed by atoms with Crippen molar-refractivity contribution in [3.05, 3.63) is 63.6 Å². The molecule has 3 aromatic rings. The number of hydrogen-bond acceptors (Lipinski definition) is 9. The van der Waals surface area contributed by atoms with Crippen molar-refractivity contribution in [3.63, 3.8) is 0 Å². The lowest BCUT2D eigenvalue weighted by Gasteiger charge is -2.44. The van der Waals surface area contributed by atoms with Crippen LogP contribution >= 0.6 is 0 Å². The van der Waals surface area contributed by atoms with Crippen molar-refractivity contribution in [1.82, 2.24) is 24.2 Å². The van der Waals surface area contributed by atoms with E-state index < -0.39 is 18.0 Å². The van der Waals surface area contributed by atoms with Gasteiger partial charge in [0.15, 0.2) is 11.7 Å². The molecular weight excluding hydrogens is 662 g/mol. The van der Waals surface area contributed by atoms with Crippen molar-refractivity contribution in [1.29, 1.82) is 0 Å². The summed E-state index contributed by atoms with van der Waals surface area (Å²) < 4.78 is 13.0. The van der Waals surface area contributed by atoms with E-state index in [-0.39, 0.29) is 23.9 Å². The van der Waals surface area contributed by atoms with Crippen LogP contribution in [0.15, 0.2) is 45.6 Å². The number of oxazole rings is 1. The Morgan fingerprint density at radius 2 is 1.73 bits per heavy atom. The zero-order valence-corrected chi connectivity index (χ0v) is 31.1. The van der Waals surface area contributed by atoms with Crippen molar-refractivity contribution in [2.24, 2.45) is 12.8 Å². The van der Waals surface area contributed by atoms with Crippen LogP contribution in [0.25, 0.3) is 11.1 Å². The highest BCUT2D eigenvalue weighted by Crippen LogP contribution is 2.27. The summed E-state index contributed by atoms with van der Waals surface area (Å²) in [6.07, 6.45) is 5.10. The van der Waals surface area contributed by atoms with E-state index >= 15 is 0 Å². The fourth-order valence-electron chi connectivity index (χ4n) is 8.28. The first kappa shape index (κ1) is 37.4. The zero-order chi connectivity index (χ0) is 37.0. The van der Waals surface area contributed by atoms with Gasteiger partial charge in [-0.15, -0.1) is 0 Å². The van der Waals surface area contributed by atoms with Crippen molar-refractivity contribution >= 4 is 35.2 Å². The molecular formula is C39H55N7O6. The summed E-state index contributed by atoms with van der Waals surface area (Å²) >= 11 is 0. The zero-order valence-electron chi connectivity index (χ0n) is 31.1. The third-order valence-electron chi connectivity index (χ3n) is 11.6. The van der Waals surface area contributed by atoms with Gasteiger partial charge in [0, 0.05) is 89.6 Å². The normalized spacial score (nSPS) is 19.4. The molecule has 282 valence electrons. The summed E-state index contributed by atoms with van der Waals surface area (Å²) in [4.78, 5) is 60.1. The van der Waals surface area contributed by atoms with E-state index in [9.17, 15) is 19.2 Å². The van der Waals surface area contributed by atoms with Crippen LogP contribution in [0.2, 0.25) is 0 Å². The van der Waals surface area contributed by atoms with Gasteiger partial charge in [-0.05, 0) is 87.6 Å². The number of para-hydroxylation sites is 1. The molecule has 3 aliphatic rings. The lowest BCUT2D eigenvalue weighted by atomic mass is 9.89. The van der Waals surface area contributed by atoms with E-state index in [2.05, 4.69) is 23.2 Å². The topological polar surface area (TPSA) is 147 Å². The van der Waals surface area contributed by atoms with Gasteiger partial charge >= 0.3 is 11.8 Å². The molecule has 0 unspecified atom stereocenters. The number of carbonyl (C=O) groups excluding carboxylic acids is 3. The molecule has 3 aliphatic heterocycles. The molecule has 0 saturated carbocycles. The monoisotopic (exact) mass is 717 g/mol. The van der Waals surface area contributed by atoms with Crippen molar-refractivity contribution in [2.45, 2.75) is 88.9 Å². The van der Waals surface area contributed by atoms with E-state index in [1.165, 1.54) is 4.57 Å². The number of amides is 3. The fraction of sp³-hybridized carbons (Fsp3) is 0.590. The minimum atomic E-state index is -1.04. The largest absolute Gasteiger partial charge is 0.436 e. The van der Waals surface area contributed by atoms with Gasteiger partial charge in [-0.2, -0.15) is 0 Å². The third kappa shape index (κ3) is 8.47. The predicted molar refractivity (Wildman–Crippen MR) is 200 cm³/mol. The third-order valence-corrected chi connectivity index (χ3v) is 11.6. The molecule has 13 nitrogen and oxygen atoms in total. The Morgan fingerprint density at radius 3 is 2.40 bits per heavy atom. The fourth-order valence-corrected chi connectivity index (χ4v) is 8.28. The molecule has 1 atom stereocenters. The Bertz CT molecular complexity index is 1780. The smallest absolute Gasteiger partial charge is 0.419 e. The quantitative estimate of drug-likeness (QED) is 0.285. The Hall–Kier alpha value is -4.36. The van der Waals surface area contributed by atoms with Gasteiger partial charge < -0.3 is 39.8 Å². The molecule has 0 radical (unpaired) electrons. The second kappa shape index (κ2) is 16.1. The Balaban J connectivity index is 1.10. The number of aryl methyl sites for hydroxylation is 2. The molecule has 1 aromatic heterocycles. The van der Waals surface area contributed by atoms with E-state index in [0.29, 0.717) is 62.7 Å². The summed E-state index contributed by atoms with van der Waals surface area (Å²) in [5.74, 6) is -0.669. The van der Waals surface area contributed by atoms with Gasteiger partial charge in [0.05, 0.1) is 5.52 Å². The lowest BCUT2D eigenvalue weighted by molar-refractivity contribution is -0.142. The summed E-state index contributed by atoms with van der Waals surface area (Å²) in [5, 5.41) is 3.21. The molecule has 4 heterocycles. The number of nitrogens with one attached hydrogen (secondary N) is 1. The molecule has 0 bridgehead atoms. The number of nitrogens with zero attached hydrogens (tertiary/aromatic N) is 5. The van der Waals surface area contributed by atoms with Crippen LogP contribution in [0.4, 0.5) is 10.5 Å². The van der Waals surface area contributed by atoms with Gasteiger partial charge in [-0.25, -0.2) is 9.59 Å². The van der Waals surface area contributed by atoms with Crippen LogP contribution in [0.1, 0.15) is 62.1 Å². The van der Waals surface area contributed by atoms with Gasteiger partial charge in [-0.1, -0.05) is 24.3 Å². The second-order valence-corrected chi connectivity index (χ2v) is 15.2. The summed E-state index contributed by atoms with van der Waals surface area (Å²) in [6.45, 7) is 8.55. The summed E-state index contributed by atoms with van der Waals surface area (Å²) in [6, 6.07) is 12.2. The number of ether oxygens (including phenoxy) is 1.